The number of amides is 2. The molecule has 2 amide bonds. The molecular formula is C18H15ClF4N2O. The molecule has 0 saturated carbocycles. The van der Waals surface area contributed by atoms with E-state index in [9.17, 15) is 22.4 Å². The second-order valence-electron chi connectivity index (χ2n) is 6.15. The predicted octanol–water partition coefficient (Wildman–Crippen LogP) is 5.87. The first-order chi connectivity index (χ1) is 12.2. The molecule has 1 heterocycles. The van der Waals surface area contributed by atoms with Gasteiger partial charge in [-0.15, -0.1) is 0 Å². The van der Waals surface area contributed by atoms with E-state index in [1.165, 1.54) is 23.1 Å². The van der Waals surface area contributed by atoms with Crippen LogP contribution in [0.1, 0.15) is 24.5 Å². The van der Waals surface area contributed by atoms with Crippen LogP contribution in [0, 0.1) is 5.82 Å². The molecule has 0 aromatic heterocycles. The van der Waals surface area contributed by atoms with Crippen molar-refractivity contribution >= 4 is 29.0 Å². The number of nitrogens with zero attached hydrogens (tertiary/aromatic N) is 1. The smallest absolute Gasteiger partial charge is 0.306 e. The summed E-state index contributed by atoms with van der Waals surface area (Å²) in [6.07, 6.45) is -3.32. The molecule has 0 unspecified atom stereocenters. The summed E-state index contributed by atoms with van der Waals surface area (Å²) in [4.78, 5) is 14.1. The SMILES string of the molecule is C[C@@H]1CCc2cc(F)ccc2N1C(=O)Nc1cc(C(F)(F)F)ccc1Cl. The lowest BCUT2D eigenvalue weighted by Crippen LogP contribution is -2.44. The Hall–Kier alpha value is -2.28. The quantitative estimate of drug-likeness (QED) is 0.611. The van der Waals surface area contributed by atoms with Crippen LogP contribution in [0.5, 0.6) is 0 Å². The molecule has 0 saturated heterocycles. The van der Waals surface area contributed by atoms with Crippen molar-refractivity contribution in [2.75, 3.05) is 10.2 Å². The number of benzene rings is 2. The van der Waals surface area contributed by atoms with Crippen LogP contribution in [0.4, 0.5) is 33.7 Å². The molecule has 26 heavy (non-hydrogen) atoms. The minimum atomic E-state index is -4.55. The predicted molar refractivity (Wildman–Crippen MR) is 92.1 cm³/mol. The molecule has 138 valence electrons. The zero-order valence-electron chi connectivity index (χ0n) is 13.7. The summed E-state index contributed by atoms with van der Waals surface area (Å²) in [7, 11) is 0. The normalized spacial score (nSPS) is 17.0. The third kappa shape index (κ3) is 3.62. The van der Waals surface area contributed by atoms with E-state index in [2.05, 4.69) is 5.32 Å². The first-order valence-corrected chi connectivity index (χ1v) is 8.30. The van der Waals surface area contributed by atoms with Gasteiger partial charge in [0, 0.05) is 11.7 Å². The van der Waals surface area contributed by atoms with Crippen molar-refractivity contribution in [2.45, 2.75) is 32.0 Å². The number of urea groups is 1. The summed E-state index contributed by atoms with van der Waals surface area (Å²) >= 11 is 5.94. The van der Waals surface area contributed by atoms with Gasteiger partial charge >= 0.3 is 12.2 Å². The highest BCUT2D eigenvalue weighted by molar-refractivity contribution is 6.33. The van der Waals surface area contributed by atoms with Gasteiger partial charge < -0.3 is 5.32 Å². The summed E-state index contributed by atoms with van der Waals surface area (Å²) in [6.45, 7) is 1.82. The number of halogens is 5. The number of carbonyl (C=O) groups is 1. The molecule has 2 aromatic carbocycles. The molecule has 1 N–H and O–H groups in total. The minimum absolute atomic E-state index is 0.00431. The summed E-state index contributed by atoms with van der Waals surface area (Å²) in [5.74, 6) is -0.403. The van der Waals surface area contributed by atoms with Crippen LogP contribution in [-0.4, -0.2) is 12.1 Å². The maximum atomic E-state index is 13.4. The highest BCUT2D eigenvalue weighted by Crippen LogP contribution is 2.35. The molecule has 3 nitrogen and oxygen atoms in total. The number of rotatable bonds is 1. The Morgan fingerprint density at radius 1 is 1.23 bits per heavy atom. The summed E-state index contributed by atoms with van der Waals surface area (Å²) in [6, 6.07) is 6.01. The largest absolute Gasteiger partial charge is 0.416 e. The van der Waals surface area contributed by atoms with Gasteiger partial charge in [-0.3, -0.25) is 4.90 Å². The van der Waals surface area contributed by atoms with Gasteiger partial charge in [-0.2, -0.15) is 13.2 Å². The lowest BCUT2D eigenvalue weighted by atomic mass is 9.97. The number of fused-ring (bicyclic) bond motifs is 1. The molecule has 1 aliphatic heterocycles. The molecule has 0 bridgehead atoms. The monoisotopic (exact) mass is 386 g/mol. The molecule has 1 atom stereocenters. The number of hydrogen-bond donors (Lipinski definition) is 1. The van der Waals surface area contributed by atoms with Crippen LogP contribution in [-0.2, 0) is 12.6 Å². The summed E-state index contributed by atoms with van der Waals surface area (Å²) in [5.41, 5.74) is 0.165. The number of alkyl halides is 3. The van der Waals surface area contributed by atoms with Crippen molar-refractivity contribution in [2.24, 2.45) is 0 Å². The highest BCUT2D eigenvalue weighted by atomic mass is 35.5. The average molecular weight is 387 g/mol. The van der Waals surface area contributed by atoms with Gasteiger partial charge in [-0.25, -0.2) is 9.18 Å². The second-order valence-corrected chi connectivity index (χ2v) is 6.56. The summed E-state index contributed by atoms with van der Waals surface area (Å²) < 4.78 is 52.1. The number of aryl methyl sites for hydroxylation is 1. The zero-order valence-corrected chi connectivity index (χ0v) is 14.5. The van der Waals surface area contributed by atoms with Crippen LogP contribution in [0.25, 0.3) is 0 Å². The van der Waals surface area contributed by atoms with E-state index in [4.69, 9.17) is 11.6 Å². The fourth-order valence-electron chi connectivity index (χ4n) is 3.00. The molecule has 0 spiro atoms. The van der Waals surface area contributed by atoms with Crippen LogP contribution < -0.4 is 10.2 Å². The third-order valence-corrected chi connectivity index (χ3v) is 4.66. The van der Waals surface area contributed by atoms with Gasteiger partial charge in [0.05, 0.1) is 16.3 Å². The van der Waals surface area contributed by atoms with Crippen LogP contribution >= 0.6 is 11.6 Å². The van der Waals surface area contributed by atoms with Gasteiger partial charge in [-0.1, -0.05) is 11.6 Å². The molecule has 0 fully saturated rings. The van der Waals surface area contributed by atoms with Gasteiger partial charge in [0.15, 0.2) is 0 Å². The number of anilines is 2. The van der Waals surface area contributed by atoms with Crippen LogP contribution in [0.2, 0.25) is 5.02 Å². The number of nitrogens with one attached hydrogen (secondary N) is 1. The Morgan fingerprint density at radius 3 is 2.65 bits per heavy atom. The van der Waals surface area contributed by atoms with E-state index in [1.807, 2.05) is 6.92 Å². The highest BCUT2D eigenvalue weighted by Gasteiger charge is 2.32. The van der Waals surface area contributed by atoms with Crippen molar-refractivity contribution in [1.29, 1.82) is 0 Å². The van der Waals surface area contributed by atoms with Crippen molar-refractivity contribution in [3.8, 4) is 0 Å². The topological polar surface area (TPSA) is 32.3 Å². The maximum Gasteiger partial charge on any atom is 0.416 e. The van der Waals surface area contributed by atoms with Crippen molar-refractivity contribution in [3.63, 3.8) is 0 Å². The first kappa shape index (κ1) is 18.5. The molecule has 0 aliphatic carbocycles. The Kier molecular flexibility index (Phi) is 4.84. The lowest BCUT2D eigenvalue weighted by molar-refractivity contribution is -0.137. The van der Waals surface area contributed by atoms with E-state index in [-0.39, 0.29) is 16.8 Å². The second kappa shape index (κ2) is 6.79. The average Bonchev–Trinajstić information content (AvgIpc) is 2.55. The van der Waals surface area contributed by atoms with Crippen molar-refractivity contribution in [1.82, 2.24) is 0 Å². The number of carbonyl (C=O) groups excluding carboxylic acids is 1. The zero-order chi connectivity index (χ0) is 19.1. The molecule has 8 heteroatoms. The van der Waals surface area contributed by atoms with E-state index in [1.54, 1.807) is 0 Å². The van der Waals surface area contributed by atoms with Crippen LogP contribution in [0.15, 0.2) is 36.4 Å². The standard InChI is InChI=1S/C18H15ClF4N2O/c1-10-2-3-11-8-13(20)5-7-16(11)25(10)17(26)24-15-9-12(18(21,22)23)4-6-14(15)19/h4-10H,2-3H2,1H3,(H,24,26)/t10-/m1/s1. The van der Waals surface area contributed by atoms with E-state index in [0.29, 0.717) is 24.1 Å². The molecular weight excluding hydrogens is 372 g/mol. The fourth-order valence-corrected chi connectivity index (χ4v) is 3.17. The van der Waals surface area contributed by atoms with E-state index in [0.717, 1.165) is 18.2 Å². The maximum absolute atomic E-state index is 13.4. The molecule has 1 aliphatic rings. The van der Waals surface area contributed by atoms with E-state index < -0.39 is 23.6 Å². The summed E-state index contributed by atoms with van der Waals surface area (Å²) in [5, 5.41) is 2.44. The van der Waals surface area contributed by atoms with Gasteiger partial charge in [-0.05, 0) is 61.7 Å². The Balaban J connectivity index is 1.92. The van der Waals surface area contributed by atoms with Crippen molar-refractivity contribution < 1.29 is 22.4 Å². The fraction of sp³-hybridized carbons (Fsp3) is 0.278. The Morgan fingerprint density at radius 2 is 1.96 bits per heavy atom. The van der Waals surface area contributed by atoms with Gasteiger partial charge in [0.1, 0.15) is 5.82 Å². The third-order valence-electron chi connectivity index (χ3n) is 4.33. The molecule has 2 aromatic rings. The van der Waals surface area contributed by atoms with Gasteiger partial charge in [0.2, 0.25) is 0 Å². The lowest BCUT2D eigenvalue weighted by Gasteiger charge is -2.35. The molecule has 3 rings (SSSR count). The molecule has 0 radical (unpaired) electrons. The first-order valence-electron chi connectivity index (χ1n) is 7.92. The van der Waals surface area contributed by atoms with E-state index >= 15 is 0 Å². The number of hydrogen-bond acceptors (Lipinski definition) is 1. The van der Waals surface area contributed by atoms with Crippen LogP contribution in [0.3, 0.4) is 0 Å². The van der Waals surface area contributed by atoms with Crippen molar-refractivity contribution in [3.05, 3.63) is 58.4 Å². The van der Waals surface area contributed by atoms with Gasteiger partial charge in [0.25, 0.3) is 0 Å². The minimum Gasteiger partial charge on any atom is -0.306 e. The Bertz CT molecular complexity index is 854. The Labute approximate surface area is 152 Å².